The van der Waals surface area contributed by atoms with Crippen LogP contribution < -0.4 is 5.32 Å². The van der Waals surface area contributed by atoms with Gasteiger partial charge < -0.3 is 15.2 Å². The highest BCUT2D eigenvalue weighted by Gasteiger charge is 2.20. The Labute approximate surface area is 124 Å². The van der Waals surface area contributed by atoms with E-state index in [1.165, 1.54) is 11.1 Å². The van der Waals surface area contributed by atoms with Crippen molar-refractivity contribution < 1.29 is 19.4 Å². The van der Waals surface area contributed by atoms with Crippen LogP contribution in [-0.2, 0) is 27.2 Å². The molecule has 0 aliphatic heterocycles. The van der Waals surface area contributed by atoms with Crippen LogP contribution in [-0.4, -0.2) is 36.7 Å². The number of aryl methyl sites for hydroxylation is 1. The molecule has 1 amide bonds. The summed E-state index contributed by atoms with van der Waals surface area (Å²) in [5.74, 6) is -0.597. The molecule has 0 aromatic heterocycles. The summed E-state index contributed by atoms with van der Waals surface area (Å²) < 4.78 is 4.87. The van der Waals surface area contributed by atoms with Crippen molar-refractivity contribution in [3.63, 3.8) is 0 Å². The first-order valence-electron chi connectivity index (χ1n) is 7.28. The second-order valence-electron chi connectivity index (χ2n) is 5.38. The average Bonchev–Trinajstić information content (AvgIpc) is 2.46. The molecule has 0 bridgehead atoms. The Morgan fingerprint density at radius 3 is 2.81 bits per heavy atom. The number of hydrogen-bond acceptors (Lipinski definition) is 3. The second-order valence-corrected chi connectivity index (χ2v) is 5.38. The number of carbonyl (C=O) groups excluding carboxylic acids is 1. The minimum absolute atomic E-state index is 0.0123. The van der Waals surface area contributed by atoms with Crippen LogP contribution in [0.4, 0.5) is 0 Å². The lowest BCUT2D eigenvalue weighted by atomic mass is 9.82. The van der Waals surface area contributed by atoms with Crippen molar-refractivity contribution in [1.29, 1.82) is 0 Å². The molecule has 5 nitrogen and oxygen atoms in total. The van der Waals surface area contributed by atoms with E-state index in [1.54, 1.807) is 0 Å². The lowest BCUT2D eigenvalue weighted by molar-refractivity contribution is -0.142. The molecule has 0 radical (unpaired) electrons. The van der Waals surface area contributed by atoms with Crippen molar-refractivity contribution in [3.8, 4) is 0 Å². The summed E-state index contributed by atoms with van der Waals surface area (Å²) in [6.45, 7) is 0.260. The second kappa shape index (κ2) is 7.78. The van der Waals surface area contributed by atoms with Gasteiger partial charge in [-0.1, -0.05) is 24.3 Å². The molecule has 0 heterocycles. The largest absolute Gasteiger partial charge is 0.480 e. The zero-order valence-electron chi connectivity index (χ0n) is 12.0. The van der Waals surface area contributed by atoms with Crippen molar-refractivity contribution in [1.82, 2.24) is 5.32 Å². The van der Waals surface area contributed by atoms with Crippen molar-refractivity contribution in [3.05, 3.63) is 35.4 Å². The summed E-state index contributed by atoms with van der Waals surface area (Å²) in [6, 6.07) is 8.40. The molecule has 114 valence electrons. The molecule has 2 rings (SSSR count). The van der Waals surface area contributed by atoms with Crippen LogP contribution >= 0.6 is 0 Å². The van der Waals surface area contributed by atoms with Gasteiger partial charge in [-0.2, -0.15) is 0 Å². The number of carboxylic acid groups (broad SMARTS) is 1. The lowest BCUT2D eigenvalue weighted by Gasteiger charge is -2.24. The van der Waals surface area contributed by atoms with Crippen LogP contribution in [0.2, 0.25) is 0 Å². The van der Waals surface area contributed by atoms with E-state index in [4.69, 9.17) is 9.84 Å². The molecule has 2 N–H and O–H groups in total. The number of aliphatic carboxylic acids is 1. The third-order valence-corrected chi connectivity index (χ3v) is 3.72. The van der Waals surface area contributed by atoms with Crippen molar-refractivity contribution in [2.45, 2.75) is 25.7 Å². The Balaban J connectivity index is 1.66. The zero-order chi connectivity index (χ0) is 15.1. The van der Waals surface area contributed by atoms with Crippen LogP contribution in [0, 0.1) is 5.92 Å². The number of hydrogen-bond donors (Lipinski definition) is 2. The smallest absolute Gasteiger partial charge is 0.329 e. The molecule has 1 atom stereocenters. The molecule has 0 saturated carbocycles. The maximum absolute atomic E-state index is 11.8. The monoisotopic (exact) mass is 291 g/mol. The minimum Gasteiger partial charge on any atom is -0.480 e. The predicted octanol–water partition coefficient (Wildman–Crippen LogP) is 1.40. The Morgan fingerprint density at radius 2 is 2.05 bits per heavy atom. The molecule has 1 aromatic rings. The molecule has 0 spiro atoms. The predicted molar refractivity (Wildman–Crippen MR) is 78.0 cm³/mol. The number of rotatable bonds is 7. The fraction of sp³-hybridized carbons (Fsp3) is 0.500. The van der Waals surface area contributed by atoms with E-state index in [1.807, 2.05) is 6.07 Å². The third kappa shape index (κ3) is 5.19. The fourth-order valence-corrected chi connectivity index (χ4v) is 2.70. The molecule has 0 saturated heterocycles. The molecule has 1 aliphatic rings. The number of amides is 1. The van der Waals surface area contributed by atoms with E-state index in [2.05, 4.69) is 23.5 Å². The van der Waals surface area contributed by atoms with E-state index in [-0.39, 0.29) is 19.1 Å². The van der Waals surface area contributed by atoms with Gasteiger partial charge in [0.15, 0.2) is 0 Å². The Hall–Kier alpha value is -1.88. The van der Waals surface area contributed by atoms with Crippen LogP contribution in [0.25, 0.3) is 0 Å². The summed E-state index contributed by atoms with van der Waals surface area (Å²) in [7, 11) is 0. The first-order chi connectivity index (χ1) is 10.1. The van der Waals surface area contributed by atoms with Gasteiger partial charge in [0.1, 0.15) is 6.61 Å². The quantitative estimate of drug-likeness (QED) is 0.745. The van der Waals surface area contributed by atoms with Crippen molar-refractivity contribution >= 4 is 11.9 Å². The summed E-state index contributed by atoms with van der Waals surface area (Å²) >= 11 is 0. The maximum atomic E-state index is 11.8. The number of ether oxygens (including phenoxy) is 1. The number of carboxylic acids is 1. The van der Waals surface area contributed by atoms with E-state index in [9.17, 15) is 9.59 Å². The topological polar surface area (TPSA) is 75.6 Å². The van der Waals surface area contributed by atoms with Crippen LogP contribution in [0.3, 0.4) is 0 Å². The van der Waals surface area contributed by atoms with Crippen molar-refractivity contribution in [2.24, 2.45) is 5.92 Å². The van der Waals surface area contributed by atoms with Gasteiger partial charge in [0.25, 0.3) is 0 Å². The average molecular weight is 291 g/mol. The van der Waals surface area contributed by atoms with Crippen LogP contribution in [0.15, 0.2) is 24.3 Å². The van der Waals surface area contributed by atoms with E-state index in [0.717, 1.165) is 19.3 Å². The number of fused-ring (bicyclic) bond motifs is 1. The fourth-order valence-electron chi connectivity index (χ4n) is 2.70. The summed E-state index contributed by atoms with van der Waals surface area (Å²) in [5.41, 5.74) is 2.75. The Morgan fingerprint density at radius 1 is 1.29 bits per heavy atom. The highest BCUT2D eigenvalue weighted by molar-refractivity contribution is 5.76. The van der Waals surface area contributed by atoms with E-state index in [0.29, 0.717) is 18.9 Å². The van der Waals surface area contributed by atoms with Crippen molar-refractivity contribution in [2.75, 3.05) is 19.8 Å². The van der Waals surface area contributed by atoms with Gasteiger partial charge in [-0.3, -0.25) is 4.79 Å². The van der Waals surface area contributed by atoms with Gasteiger partial charge in [0.2, 0.25) is 5.91 Å². The summed E-state index contributed by atoms with van der Waals surface area (Å²) in [5, 5.41) is 11.2. The molecule has 5 heteroatoms. The minimum atomic E-state index is -0.998. The first-order valence-corrected chi connectivity index (χ1v) is 7.28. The standard InChI is InChI=1S/C16H21NO4/c18-15(17-7-8-21-11-16(19)20)10-12-5-6-13-3-1-2-4-14(13)9-12/h1-4,12H,5-11H2,(H,17,18)(H,19,20). The number of carbonyl (C=O) groups is 2. The third-order valence-electron chi connectivity index (χ3n) is 3.72. The van der Waals surface area contributed by atoms with Crippen LogP contribution in [0.5, 0.6) is 0 Å². The molecule has 1 aliphatic carbocycles. The van der Waals surface area contributed by atoms with Gasteiger partial charge in [0.05, 0.1) is 6.61 Å². The van der Waals surface area contributed by atoms with Crippen LogP contribution in [0.1, 0.15) is 24.0 Å². The molecular formula is C16H21NO4. The molecule has 1 unspecified atom stereocenters. The van der Waals surface area contributed by atoms with E-state index >= 15 is 0 Å². The summed E-state index contributed by atoms with van der Waals surface area (Å²) in [6.07, 6.45) is 3.56. The van der Waals surface area contributed by atoms with Gasteiger partial charge >= 0.3 is 5.97 Å². The number of nitrogens with one attached hydrogen (secondary N) is 1. The SMILES string of the molecule is O=C(O)COCCNC(=O)CC1CCc2ccccc2C1. The lowest BCUT2D eigenvalue weighted by Crippen LogP contribution is -2.30. The maximum Gasteiger partial charge on any atom is 0.329 e. The Kier molecular flexibility index (Phi) is 5.75. The highest BCUT2D eigenvalue weighted by Crippen LogP contribution is 2.27. The molecular weight excluding hydrogens is 270 g/mol. The van der Waals surface area contributed by atoms with Gasteiger partial charge in [-0.25, -0.2) is 4.79 Å². The zero-order valence-corrected chi connectivity index (χ0v) is 12.0. The molecule has 1 aromatic carbocycles. The number of benzene rings is 1. The molecule has 0 fully saturated rings. The van der Waals surface area contributed by atoms with Gasteiger partial charge in [0, 0.05) is 13.0 Å². The highest BCUT2D eigenvalue weighted by atomic mass is 16.5. The first kappa shape index (κ1) is 15.5. The summed E-state index contributed by atoms with van der Waals surface area (Å²) in [4.78, 5) is 22.1. The Bertz CT molecular complexity index is 501. The van der Waals surface area contributed by atoms with E-state index < -0.39 is 5.97 Å². The van der Waals surface area contributed by atoms with Gasteiger partial charge in [-0.05, 0) is 36.3 Å². The van der Waals surface area contributed by atoms with Gasteiger partial charge in [-0.15, -0.1) is 0 Å². The normalized spacial score (nSPS) is 17.0. The molecule has 21 heavy (non-hydrogen) atoms.